The van der Waals surface area contributed by atoms with Crippen LogP contribution in [-0.4, -0.2) is 49.5 Å². The van der Waals surface area contributed by atoms with Crippen LogP contribution in [-0.2, 0) is 0 Å². The number of aliphatic hydroxyl groups excluding tert-OH is 1. The van der Waals surface area contributed by atoms with Gasteiger partial charge in [0.05, 0.1) is 20.6 Å². The number of hydrogen-bond donors (Lipinski definition) is 1. The standard InChI is InChI=1S/C19H26NO2/c1-4-20(2,3)14-18(21)15-22-19-12-10-17(11-13-19)16-8-6-5-7-9-16/h5-13,18,21H,4,14-15H2,1-3H3/q+1. The van der Waals surface area contributed by atoms with Crippen LogP contribution in [0.1, 0.15) is 6.92 Å². The van der Waals surface area contributed by atoms with Crippen molar-refractivity contribution in [1.29, 1.82) is 0 Å². The van der Waals surface area contributed by atoms with Crippen LogP contribution >= 0.6 is 0 Å². The van der Waals surface area contributed by atoms with Crippen molar-refractivity contribution in [2.45, 2.75) is 13.0 Å². The third-order valence-electron chi connectivity index (χ3n) is 3.96. The smallest absolute Gasteiger partial charge is 0.137 e. The molecule has 3 nitrogen and oxygen atoms in total. The first-order valence-corrected chi connectivity index (χ1v) is 7.78. The molecule has 3 heteroatoms. The van der Waals surface area contributed by atoms with Crippen molar-refractivity contribution < 1.29 is 14.3 Å². The number of likely N-dealkylation sites (N-methyl/N-ethyl adjacent to an activating group) is 1. The lowest BCUT2D eigenvalue weighted by Gasteiger charge is -2.30. The third kappa shape index (κ3) is 4.86. The molecule has 0 saturated carbocycles. The summed E-state index contributed by atoms with van der Waals surface area (Å²) in [7, 11) is 4.22. The summed E-state index contributed by atoms with van der Waals surface area (Å²) in [6.45, 7) is 4.13. The average molecular weight is 300 g/mol. The second-order valence-corrected chi connectivity index (χ2v) is 6.29. The van der Waals surface area contributed by atoms with Gasteiger partial charge in [-0.05, 0) is 30.2 Å². The Hall–Kier alpha value is -1.84. The highest BCUT2D eigenvalue weighted by Gasteiger charge is 2.18. The predicted molar refractivity (Wildman–Crippen MR) is 90.9 cm³/mol. The molecule has 0 radical (unpaired) electrons. The van der Waals surface area contributed by atoms with E-state index in [0.717, 1.165) is 22.3 Å². The highest BCUT2D eigenvalue weighted by atomic mass is 16.5. The summed E-state index contributed by atoms with van der Waals surface area (Å²) >= 11 is 0. The molecule has 0 amide bonds. The first-order chi connectivity index (χ1) is 10.5. The van der Waals surface area contributed by atoms with Gasteiger partial charge < -0.3 is 14.3 Å². The molecular weight excluding hydrogens is 274 g/mol. The van der Waals surface area contributed by atoms with Gasteiger partial charge in [0.1, 0.15) is 25.0 Å². The summed E-state index contributed by atoms with van der Waals surface area (Å²) < 4.78 is 6.48. The molecule has 1 atom stereocenters. The molecule has 1 N–H and O–H groups in total. The van der Waals surface area contributed by atoms with Crippen LogP contribution in [0.5, 0.6) is 5.75 Å². The predicted octanol–water partition coefficient (Wildman–Crippen LogP) is 3.19. The van der Waals surface area contributed by atoms with Gasteiger partial charge in [-0.2, -0.15) is 0 Å². The maximum atomic E-state index is 10.1. The van der Waals surface area contributed by atoms with E-state index >= 15 is 0 Å². The van der Waals surface area contributed by atoms with Crippen molar-refractivity contribution in [3.8, 4) is 16.9 Å². The van der Waals surface area contributed by atoms with Gasteiger partial charge >= 0.3 is 0 Å². The van der Waals surface area contributed by atoms with Gasteiger partial charge in [0.15, 0.2) is 0 Å². The second-order valence-electron chi connectivity index (χ2n) is 6.29. The summed E-state index contributed by atoms with van der Waals surface area (Å²) in [6.07, 6.45) is -0.455. The van der Waals surface area contributed by atoms with Crippen molar-refractivity contribution in [2.24, 2.45) is 0 Å². The summed E-state index contributed by atoms with van der Waals surface area (Å²) in [5.74, 6) is 0.792. The zero-order valence-corrected chi connectivity index (χ0v) is 13.7. The minimum Gasteiger partial charge on any atom is -0.491 e. The Labute approximate surface area is 133 Å². The Balaban J connectivity index is 1.89. The van der Waals surface area contributed by atoms with E-state index in [1.54, 1.807) is 0 Å². The summed E-state index contributed by atoms with van der Waals surface area (Å²) in [5.41, 5.74) is 2.35. The Morgan fingerprint density at radius 1 is 0.955 bits per heavy atom. The lowest BCUT2D eigenvalue weighted by molar-refractivity contribution is -0.891. The molecule has 0 aromatic heterocycles. The average Bonchev–Trinajstić information content (AvgIpc) is 2.54. The van der Waals surface area contributed by atoms with E-state index in [1.807, 2.05) is 42.5 Å². The van der Waals surface area contributed by atoms with Crippen LogP contribution in [0.4, 0.5) is 0 Å². The molecule has 2 aromatic rings. The van der Waals surface area contributed by atoms with E-state index in [2.05, 4.69) is 33.2 Å². The first-order valence-electron chi connectivity index (χ1n) is 7.78. The molecule has 2 rings (SSSR count). The molecule has 118 valence electrons. The number of ether oxygens (including phenoxy) is 1. The van der Waals surface area contributed by atoms with E-state index in [1.165, 1.54) is 5.56 Å². The molecule has 0 spiro atoms. The zero-order valence-electron chi connectivity index (χ0n) is 13.7. The molecule has 0 fully saturated rings. The van der Waals surface area contributed by atoms with E-state index in [4.69, 9.17) is 4.74 Å². The van der Waals surface area contributed by atoms with Gasteiger partial charge in [0, 0.05) is 0 Å². The highest BCUT2D eigenvalue weighted by molar-refractivity contribution is 5.63. The van der Waals surface area contributed by atoms with Gasteiger partial charge in [-0.25, -0.2) is 0 Å². The summed E-state index contributed by atoms with van der Waals surface area (Å²) in [6, 6.07) is 18.2. The molecule has 0 bridgehead atoms. The number of hydrogen-bond acceptors (Lipinski definition) is 2. The minimum atomic E-state index is -0.455. The number of benzene rings is 2. The fourth-order valence-corrected chi connectivity index (χ4v) is 2.32. The fourth-order valence-electron chi connectivity index (χ4n) is 2.32. The first kappa shape index (κ1) is 16.5. The van der Waals surface area contributed by atoms with Crippen molar-refractivity contribution in [3.63, 3.8) is 0 Å². The van der Waals surface area contributed by atoms with Gasteiger partial charge in [0.2, 0.25) is 0 Å². The van der Waals surface area contributed by atoms with E-state index in [0.29, 0.717) is 13.2 Å². The third-order valence-corrected chi connectivity index (χ3v) is 3.96. The molecule has 0 aliphatic rings. The topological polar surface area (TPSA) is 29.5 Å². The molecule has 2 aromatic carbocycles. The number of nitrogens with zero attached hydrogens (tertiary/aromatic N) is 1. The number of quaternary nitrogens is 1. The van der Waals surface area contributed by atoms with Crippen molar-refractivity contribution >= 4 is 0 Å². The largest absolute Gasteiger partial charge is 0.491 e. The quantitative estimate of drug-likeness (QED) is 0.796. The molecule has 1 unspecified atom stereocenters. The van der Waals surface area contributed by atoms with Gasteiger partial charge in [0.25, 0.3) is 0 Å². The maximum Gasteiger partial charge on any atom is 0.137 e. The molecule has 0 saturated heterocycles. The summed E-state index contributed by atoms with van der Waals surface area (Å²) in [5, 5.41) is 10.1. The summed E-state index contributed by atoms with van der Waals surface area (Å²) in [4.78, 5) is 0. The van der Waals surface area contributed by atoms with Crippen LogP contribution in [0.15, 0.2) is 54.6 Å². The van der Waals surface area contributed by atoms with Crippen molar-refractivity contribution in [3.05, 3.63) is 54.6 Å². The molecular formula is C19H26NO2+. The van der Waals surface area contributed by atoms with Crippen LogP contribution in [0.2, 0.25) is 0 Å². The normalized spacial score (nSPS) is 12.9. The van der Waals surface area contributed by atoms with Crippen molar-refractivity contribution in [1.82, 2.24) is 0 Å². The van der Waals surface area contributed by atoms with E-state index in [-0.39, 0.29) is 0 Å². The second kappa shape index (κ2) is 7.43. The Morgan fingerprint density at radius 3 is 2.14 bits per heavy atom. The molecule has 0 heterocycles. The monoisotopic (exact) mass is 300 g/mol. The fraction of sp³-hybridized carbons (Fsp3) is 0.368. The minimum absolute atomic E-state index is 0.326. The number of rotatable bonds is 7. The van der Waals surface area contributed by atoms with Crippen LogP contribution in [0.25, 0.3) is 11.1 Å². The van der Waals surface area contributed by atoms with Gasteiger partial charge in [-0.15, -0.1) is 0 Å². The van der Waals surface area contributed by atoms with Crippen molar-refractivity contribution in [2.75, 3.05) is 33.8 Å². The number of aliphatic hydroxyl groups is 1. The van der Waals surface area contributed by atoms with E-state index in [9.17, 15) is 5.11 Å². The lowest BCUT2D eigenvalue weighted by Crippen LogP contribution is -2.46. The highest BCUT2D eigenvalue weighted by Crippen LogP contribution is 2.22. The van der Waals surface area contributed by atoms with Gasteiger partial charge in [-0.1, -0.05) is 42.5 Å². The Kier molecular flexibility index (Phi) is 5.58. The molecule has 22 heavy (non-hydrogen) atoms. The molecule has 0 aliphatic heterocycles. The van der Waals surface area contributed by atoms with Crippen LogP contribution < -0.4 is 4.74 Å². The Morgan fingerprint density at radius 2 is 1.55 bits per heavy atom. The van der Waals surface area contributed by atoms with Crippen LogP contribution in [0.3, 0.4) is 0 Å². The lowest BCUT2D eigenvalue weighted by atomic mass is 10.1. The Bertz CT molecular complexity index is 564. The van der Waals surface area contributed by atoms with Gasteiger partial charge in [-0.3, -0.25) is 0 Å². The van der Waals surface area contributed by atoms with E-state index < -0.39 is 6.10 Å². The zero-order chi connectivity index (χ0) is 16.0. The molecule has 0 aliphatic carbocycles. The maximum absolute atomic E-state index is 10.1. The van der Waals surface area contributed by atoms with Crippen LogP contribution in [0, 0.1) is 0 Å². The SMILES string of the molecule is CC[N+](C)(C)CC(O)COc1ccc(-c2ccccc2)cc1.